The first-order valence-corrected chi connectivity index (χ1v) is 6.46. The highest BCUT2D eigenvalue weighted by Gasteiger charge is 2.20. The molecule has 1 aromatic heterocycles. The third kappa shape index (κ3) is 2.26. The van der Waals surface area contributed by atoms with E-state index in [1.54, 1.807) is 0 Å². The van der Waals surface area contributed by atoms with E-state index in [0.29, 0.717) is 0 Å². The third-order valence-electron chi connectivity index (χ3n) is 4.06. The minimum atomic E-state index is 0.806. The van der Waals surface area contributed by atoms with Crippen molar-refractivity contribution in [3.63, 3.8) is 0 Å². The van der Waals surface area contributed by atoms with E-state index in [2.05, 4.69) is 43.7 Å². The smallest absolute Gasteiger partial charge is 0.0934 e. The van der Waals surface area contributed by atoms with Crippen LogP contribution in [0.3, 0.4) is 0 Å². The molecule has 0 atom stereocenters. The van der Waals surface area contributed by atoms with Crippen LogP contribution in [0.1, 0.15) is 36.4 Å². The van der Waals surface area contributed by atoms with Gasteiger partial charge in [-0.15, -0.1) is 0 Å². The van der Waals surface area contributed by atoms with Gasteiger partial charge < -0.3 is 4.98 Å². The standard InChI is InChI=1S/C16H19N3/c1-9-10(2)16(19-12(9)4)8-14-11(3)13(5)18-15(14)6-7-17/h6,19H,8H2,1-5H3/b15-6-. The highest BCUT2D eigenvalue weighted by molar-refractivity contribution is 6.02. The van der Waals surface area contributed by atoms with E-state index >= 15 is 0 Å². The summed E-state index contributed by atoms with van der Waals surface area (Å²) in [5, 5.41) is 8.86. The number of rotatable bonds is 2. The van der Waals surface area contributed by atoms with Crippen molar-refractivity contribution in [2.75, 3.05) is 0 Å². The largest absolute Gasteiger partial charge is 0.362 e. The van der Waals surface area contributed by atoms with Gasteiger partial charge in [-0.25, -0.2) is 0 Å². The second kappa shape index (κ2) is 4.89. The molecule has 2 rings (SSSR count). The average molecular weight is 253 g/mol. The van der Waals surface area contributed by atoms with Gasteiger partial charge in [0.05, 0.1) is 11.8 Å². The molecular weight excluding hydrogens is 234 g/mol. The Morgan fingerprint density at radius 2 is 1.84 bits per heavy atom. The second-order valence-electron chi connectivity index (χ2n) is 5.11. The molecule has 98 valence electrons. The van der Waals surface area contributed by atoms with Crippen molar-refractivity contribution in [1.82, 2.24) is 4.98 Å². The fourth-order valence-electron chi connectivity index (χ4n) is 2.42. The van der Waals surface area contributed by atoms with Gasteiger partial charge in [-0.1, -0.05) is 0 Å². The Bertz CT molecular complexity index is 661. The number of nitrogens with one attached hydrogen (secondary N) is 1. The lowest BCUT2D eigenvalue weighted by atomic mass is 9.99. The predicted octanol–water partition coefficient (Wildman–Crippen LogP) is 3.68. The zero-order valence-corrected chi connectivity index (χ0v) is 12.2. The molecule has 0 spiro atoms. The Labute approximate surface area is 114 Å². The summed E-state index contributed by atoms with van der Waals surface area (Å²) in [4.78, 5) is 7.91. The zero-order valence-electron chi connectivity index (χ0n) is 12.2. The maximum atomic E-state index is 8.86. The van der Waals surface area contributed by atoms with Crippen LogP contribution in [-0.2, 0) is 6.42 Å². The maximum Gasteiger partial charge on any atom is 0.0934 e. The van der Waals surface area contributed by atoms with Crippen molar-refractivity contribution in [2.45, 2.75) is 41.0 Å². The van der Waals surface area contributed by atoms with Gasteiger partial charge in [-0.05, 0) is 56.9 Å². The quantitative estimate of drug-likeness (QED) is 0.803. The zero-order chi connectivity index (χ0) is 14.2. The Morgan fingerprint density at radius 3 is 2.37 bits per heavy atom. The van der Waals surface area contributed by atoms with E-state index in [0.717, 1.165) is 23.4 Å². The van der Waals surface area contributed by atoms with Crippen LogP contribution >= 0.6 is 0 Å². The molecule has 1 aromatic rings. The summed E-state index contributed by atoms with van der Waals surface area (Å²) in [5.74, 6) is 0. The number of H-pyrrole nitrogens is 1. The van der Waals surface area contributed by atoms with Gasteiger partial charge in [0.25, 0.3) is 0 Å². The second-order valence-corrected chi connectivity index (χ2v) is 5.11. The number of nitriles is 1. The summed E-state index contributed by atoms with van der Waals surface area (Å²) in [5.41, 5.74) is 9.21. The molecule has 0 fully saturated rings. The molecule has 0 bridgehead atoms. The summed E-state index contributed by atoms with van der Waals surface area (Å²) in [6.07, 6.45) is 2.34. The third-order valence-corrected chi connectivity index (χ3v) is 4.06. The maximum absolute atomic E-state index is 8.86. The molecule has 0 saturated heterocycles. The normalized spacial score (nSPS) is 17.1. The SMILES string of the molecule is CC1=N/C(=C\C#N)C(Cc2[nH]c(C)c(C)c2C)=C1C. The van der Waals surface area contributed by atoms with Crippen molar-refractivity contribution < 1.29 is 0 Å². The van der Waals surface area contributed by atoms with Gasteiger partial charge in [0.15, 0.2) is 0 Å². The Balaban J connectivity index is 2.41. The molecule has 3 heteroatoms. The number of aromatic amines is 1. The summed E-state index contributed by atoms with van der Waals surface area (Å²) in [6, 6.07) is 2.08. The Kier molecular flexibility index (Phi) is 3.44. The molecule has 0 aromatic carbocycles. The minimum absolute atomic E-state index is 0.806. The van der Waals surface area contributed by atoms with Crippen LogP contribution in [0.25, 0.3) is 0 Å². The van der Waals surface area contributed by atoms with E-state index in [1.165, 1.54) is 34.2 Å². The minimum Gasteiger partial charge on any atom is -0.362 e. The number of aliphatic imine (C=N–C) groups is 1. The summed E-state index contributed by atoms with van der Waals surface area (Å²) < 4.78 is 0. The molecule has 1 aliphatic rings. The molecule has 0 aliphatic carbocycles. The topological polar surface area (TPSA) is 51.9 Å². The van der Waals surface area contributed by atoms with Gasteiger partial charge in [-0.2, -0.15) is 5.26 Å². The van der Waals surface area contributed by atoms with Crippen molar-refractivity contribution in [1.29, 1.82) is 5.26 Å². The molecule has 19 heavy (non-hydrogen) atoms. The van der Waals surface area contributed by atoms with Gasteiger partial charge in [0.1, 0.15) is 0 Å². The first-order chi connectivity index (χ1) is 8.95. The van der Waals surface area contributed by atoms with E-state index in [1.807, 2.05) is 6.92 Å². The van der Waals surface area contributed by atoms with E-state index < -0.39 is 0 Å². The van der Waals surface area contributed by atoms with Gasteiger partial charge in [-0.3, -0.25) is 4.99 Å². The average Bonchev–Trinajstić information content (AvgIpc) is 2.76. The van der Waals surface area contributed by atoms with Crippen molar-refractivity contribution in [3.05, 3.63) is 45.4 Å². The number of hydrogen-bond acceptors (Lipinski definition) is 2. The predicted molar refractivity (Wildman–Crippen MR) is 78.2 cm³/mol. The van der Waals surface area contributed by atoms with E-state index in [9.17, 15) is 0 Å². The van der Waals surface area contributed by atoms with Gasteiger partial charge in [0.2, 0.25) is 0 Å². The Morgan fingerprint density at radius 1 is 1.16 bits per heavy atom. The molecule has 1 aliphatic heterocycles. The lowest BCUT2D eigenvalue weighted by molar-refractivity contribution is 1.04. The van der Waals surface area contributed by atoms with Crippen LogP contribution < -0.4 is 0 Å². The highest BCUT2D eigenvalue weighted by atomic mass is 14.8. The van der Waals surface area contributed by atoms with Crippen molar-refractivity contribution in [3.8, 4) is 6.07 Å². The number of allylic oxidation sites excluding steroid dienone is 3. The molecule has 0 radical (unpaired) electrons. The number of aryl methyl sites for hydroxylation is 1. The fourth-order valence-corrected chi connectivity index (χ4v) is 2.42. The van der Waals surface area contributed by atoms with E-state index in [-0.39, 0.29) is 0 Å². The monoisotopic (exact) mass is 253 g/mol. The molecule has 0 unspecified atom stereocenters. The summed E-state index contributed by atoms with van der Waals surface area (Å²) >= 11 is 0. The van der Waals surface area contributed by atoms with Gasteiger partial charge in [0, 0.05) is 29.6 Å². The fraction of sp³-hybridized carbons (Fsp3) is 0.375. The Hall–Kier alpha value is -2.08. The van der Waals surface area contributed by atoms with Crippen LogP contribution in [0.5, 0.6) is 0 Å². The lowest BCUT2D eigenvalue weighted by Gasteiger charge is -2.05. The number of nitrogens with zero attached hydrogens (tertiary/aromatic N) is 2. The molecule has 3 nitrogen and oxygen atoms in total. The van der Waals surface area contributed by atoms with E-state index in [4.69, 9.17) is 5.26 Å². The van der Waals surface area contributed by atoms with Crippen molar-refractivity contribution in [2.24, 2.45) is 4.99 Å². The number of aromatic nitrogens is 1. The summed E-state index contributed by atoms with van der Waals surface area (Å²) in [7, 11) is 0. The molecule has 2 heterocycles. The molecule has 0 amide bonds. The first kappa shape index (κ1) is 13.4. The molecule has 1 N–H and O–H groups in total. The lowest BCUT2D eigenvalue weighted by Crippen LogP contribution is -1.97. The van der Waals surface area contributed by atoms with Gasteiger partial charge >= 0.3 is 0 Å². The van der Waals surface area contributed by atoms with Crippen molar-refractivity contribution >= 4 is 5.71 Å². The number of hydrogen-bond donors (Lipinski definition) is 1. The summed E-state index contributed by atoms with van der Waals surface area (Å²) in [6.45, 7) is 10.4. The van der Waals surface area contributed by atoms with Crippen LogP contribution in [0.4, 0.5) is 0 Å². The van der Waals surface area contributed by atoms with Crippen LogP contribution in [0, 0.1) is 32.1 Å². The van der Waals surface area contributed by atoms with Crippen LogP contribution in [-0.4, -0.2) is 10.7 Å². The van der Waals surface area contributed by atoms with Crippen LogP contribution in [0.15, 0.2) is 27.9 Å². The molecular formula is C16H19N3. The molecule has 0 saturated carbocycles. The van der Waals surface area contributed by atoms with Crippen LogP contribution in [0.2, 0.25) is 0 Å². The highest BCUT2D eigenvalue weighted by Crippen LogP contribution is 2.29. The first-order valence-electron chi connectivity index (χ1n) is 6.46.